The topological polar surface area (TPSA) is 81.1 Å². The molecular weight excluding hydrogens is 233 g/mol. The van der Waals surface area contributed by atoms with Crippen LogP contribution in [0.4, 0.5) is 15.8 Å². The number of nitrogen functional groups attached to an aromatic ring is 1. The molecule has 0 unspecified atom stereocenters. The number of anilines is 2. The molecule has 0 bridgehead atoms. The number of carbonyl (C=O) groups excluding carboxylic acids is 1. The van der Waals surface area contributed by atoms with E-state index in [1.54, 1.807) is 0 Å². The first-order valence-electron chi connectivity index (χ1n) is 6.23. The van der Waals surface area contributed by atoms with Crippen LogP contribution in [0.5, 0.6) is 0 Å². The highest BCUT2D eigenvalue weighted by atomic mass is 19.1. The zero-order valence-corrected chi connectivity index (χ0v) is 10.2. The maximum Gasteiger partial charge on any atom is 0.250 e. The predicted octanol–water partition coefficient (Wildman–Crippen LogP) is 2.25. The molecule has 98 valence electrons. The minimum atomic E-state index is -0.640. The number of amides is 1. The summed E-state index contributed by atoms with van der Waals surface area (Å²) in [7, 11) is 0. The second-order valence-corrected chi connectivity index (χ2v) is 4.76. The molecule has 5 heteroatoms. The highest BCUT2D eigenvalue weighted by Crippen LogP contribution is 2.26. The van der Waals surface area contributed by atoms with E-state index in [-0.39, 0.29) is 17.3 Å². The lowest BCUT2D eigenvalue weighted by Gasteiger charge is -2.24. The van der Waals surface area contributed by atoms with E-state index in [2.05, 4.69) is 5.32 Å². The van der Waals surface area contributed by atoms with Crippen molar-refractivity contribution in [3.8, 4) is 0 Å². The van der Waals surface area contributed by atoms with Gasteiger partial charge >= 0.3 is 0 Å². The molecule has 0 aliphatic heterocycles. The van der Waals surface area contributed by atoms with Gasteiger partial charge < -0.3 is 16.8 Å². The third kappa shape index (κ3) is 2.72. The number of hydrogen-bond donors (Lipinski definition) is 3. The molecule has 5 N–H and O–H groups in total. The second-order valence-electron chi connectivity index (χ2n) is 4.76. The fourth-order valence-electron chi connectivity index (χ4n) is 2.38. The number of carbonyl (C=O) groups is 1. The predicted molar refractivity (Wildman–Crippen MR) is 69.8 cm³/mol. The van der Waals surface area contributed by atoms with Crippen molar-refractivity contribution in [2.24, 2.45) is 5.73 Å². The molecule has 1 aliphatic carbocycles. The first-order valence-corrected chi connectivity index (χ1v) is 6.23. The Morgan fingerprint density at radius 3 is 2.56 bits per heavy atom. The van der Waals surface area contributed by atoms with Gasteiger partial charge in [-0.15, -0.1) is 0 Å². The maximum absolute atomic E-state index is 13.8. The molecule has 2 rings (SSSR count). The summed E-state index contributed by atoms with van der Waals surface area (Å²) >= 11 is 0. The molecule has 0 radical (unpaired) electrons. The van der Waals surface area contributed by atoms with Gasteiger partial charge in [-0.05, 0) is 25.0 Å². The number of nitrogens with two attached hydrogens (primary N) is 2. The molecule has 0 atom stereocenters. The molecule has 1 saturated carbocycles. The van der Waals surface area contributed by atoms with Gasteiger partial charge in [-0.3, -0.25) is 4.79 Å². The third-order valence-corrected chi connectivity index (χ3v) is 3.37. The summed E-state index contributed by atoms with van der Waals surface area (Å²) in [5.41, 5.74) is 11.3. The molecule has 0 spiro atoms. The van der Waals surface area contributed by atoms with E-state index >= 15 is 0 Å². The van der Waals surface area contributed by atoms with Gasteiger partial charge in [0.15, 0.2) is 0 Å². The summed E-state index contributed by atoms with van der Waals surface area (Å²) in [5, 5.41) is 3.13. The summed E-state index contributed by atoms with van der Waals surface area (Å²) in [6.45, 7) is 0. The highest BCUT2D eigenvalue weighted by molar-refractivity contribution is 5.99. The molecule has 1 fully saturated rings. The average Bonchev–Trinajstić information content (AvgIpc) is 2.33. The molecule has 1 aliphatic rings. The summed E-state index contributed by atoms with van der Waals surface area (Å²) in [4.78, 5) is 11.2. The lowest BCUT2D eigenvalue weighted by atomic mass is 9.95. The number of nitrogens with one attached hydrogen (secondary N) is 1. The lowest BCUT2D eigenvalue weighted by Crippen LogP contribution is -2.23. The summed E-state index contributed by atoms with van der Waals surface area (Å²) < 4.78 is 13.8. The Bertz CT molecular complexity index is 456. The molecule has 0 saturated heterocycles. The fraction of sp³-hybridized carbons (Fsp3) is 0.462. The van der Waals surface area contributed by atoms with Crippen molar-refractivity contribution in [1.82, 2.24) is 0 Å². The first-order chi connectivity index (χ1) is 8.58. The maximum atomic E-state index is 13.8. The monoisotopic (exact) mass is 251 g/mol. The number of hydrogen-bond acceptors (Lipinski definition) is 3. The van der Waals surface area contributed by atoms with Crippen molar-refractivity contribution >= 4 is 17.3 Å². The Morgan fingerprint density at radius 2 is 1.94 bits per heavy atom. The molecule has 1 aromatic rings. The van der Waals surface area contributed by atoms with Crippen LogP contribution < -0.4 is 16.8 Å². The Kier molecular flexibility index (Phi) is 3.69. The largest absolute Gasteiger partial charge is 0.398 e. The van der Waals surface area contributed by atoms with Crippen LogP contribution >= 0.6 is 0 Å². The zero-order valence-electron chi connectivity index (χ0n) is 10.2. The average molecular weight is 251 g/mol. The normalized spacial score (nSPS) is 16.5. The molecule has 0 aromatic heterocycles. The summed E-state index contributed by atoms with van der Waals surface area (Å²) in [6.07, 6.45) is 5.58. The van der Waals surface area contributed by atoms with Gasteiger partial charge in [0.2, 0.25) is 0 Å². The summed E-state index contributed by atoms with van der Waals surface area (Å²) in [6, 6.07) is 2.81. The molecule has 4 nitrogen and oxygen atoms in total. The van der Waals surface area contributed by atoms with E-state index in [4.69, 9.17) is 11.5 Å². The van der Waals surface area contributed by atoms with E-state index in [0.29, 0.717) is 5.69 Å². The standard InChI is InChI=1S/C13H18FN3O/c14-10-7-11(15)9(13(16)18)6-12(10)17-8-4-2-1-3-5-8/h6-8,17H,1-5,15H2,(H2,16,18). The minimum absolute atomic E-state index is 0.0780. The fourth-order valence-corrected chi connectivity index (χ4v) is 2.38. The number of halogens is 1. The molecule has 1 aromatic carbocycles. The van der Waals surface area contributed by atoms with Crippen molar-refractivity contribution in [2.75, 3.05) is 11.1 Å². The van der Waals surface area contributed by atoms with Crippen LogP contribution in [0.25, 0.3) is 0 Å². The lowest BCUT2D eigenvalue weighted by molar-refractivity contribution is 0.100. The second kappa shape index (κ2) is 5.25. The quantitative estimate of drug-likeness (QED) is 0.721. The molecular formula is C13H18FN3O. The van der Waals surface area contributed by atoms with Gasteiger partial charge in [-0.2, -0.15) is 0 Å². The number of benzene rings is 1. The van der Waals surface area contributed by atoms with Crippen molar-refractivity contribution in [1.29, 1.82) is 0 Å². The van der Waals surface area contributed by atoms with Gasteiger partial charge in [0.1, 0.15) is 5.82 Å². The van der Waals surface area contributed by atoms with E-state index < -0.39 is 11.7 Å². The van der Waals surface area contributed by atoms with E-state index in [1.165, 1.54) is 12.5 Å². The van der Waals surface area contributed by atoms with Gasteiger partial charge in [0, 0.05) is 11.7 Å². The first kappa shape index (κ1) is 12.7. The van der Waals surface area contributed by atoms with Crippen LogP contribution in [0.1, 0.15) is 42.5 Å². The van der Waals surface area contributed by atoms with Gasteiger partial charge in [-0.25, -0.2) is 4.39 Å². The van der Waals surface area contributed by atoms with Crippen LogP contribution in [-0.4, -0.2) is 11.9 Å². The highest BCUT2D eigenvalue weighted by Gasteiger charge is 2.17. The van der Waals surface area contributed by atoms with E-state index in [0.717, 1.165) is 31.7 Å². The SMILES string of the molecule is NC(=O)c1cc(NC2CCCCC2)c(F)cc1N. The van der Waals surface area contributed by atoms with Crippen molar-refractivity contribution < 1.29 is 9.18 Å². The number of primary amides is 1. The third-order valence-electron chi connectivity index (χ3n) is 3.37. The van der Waals surface area contributed by atoms with Crippen molar-refractivity contribution in [3.63, 3.8) is 0 Å². The number of rotatable bonds is 3. The zero-order chi connectivity index (χ0) is 13.1. The molecule has 1 amide bonds. The van der Waals surface area contributed by atoms with E-state index in [9.17, 15) is 9.18 Å². The molecule has 18 heavy (non-hydrogen) atoms. The van der Waals surface area contributed by atoms with Crippen molar-refractivity contribution in [2.45, 2.75) is 38.1 Å². The van der Waals surface area contributed by atoms with E-state index in [1.807, 2.05) is 0 Å². The Morgan fingerprint density at radius 1 is 1.28 bits per heavy atom. The minimum Gasteiger partial charge on any atom is -0.398 e. The van der Waals surface area contributed by atoms with Gasteiger partial charge in [0.25, 0.3) is 5.91 Å². The van der Waals surface area contributed by atoms with Gasteiger partial charge in [-0.1, -0.05) is 19.3 Å². The van der Waals surface area contributed by atoms with Crippen LogP contribution in [0.2, 0.25) is 0 Å². The van der Waals surface area contributed by atoms with Gasteiger partial charge in [0.05, 0.1) is 11.3 Å². The Hall–Kier alpha value is -1.78. The molecule has 0 heterocycles. The van der Waals surface area contributed by atoms with Crippen LogP contribution in [0, 0.1) is 5.82 Å². The van der Waals surface area contributed by atoms with Crippen LogP contribution in [0.3, 0.4) is 0 Å². The Labute approximate surface area is 106 Å². The van der Waals surface area contributed by atoms with Crippen LogP contribution in [-0.2, 0) is 0 Å². The van der Waals surface area contributed by atoms with Crippen LogP contribution in [0.15, 0.2) is 12.1 Å². The van der Waals surface area contributed by atoms with Crippen molar-refractivity contribution in [3.05, 3.63) is 23.5 Å². The Balaban J connectivity index is 2.21. The smallest absolute Gasteiger partial charge is 0.250 e. The summed E-state index contributed by atoms with van der Waals surface area (Å²) in [5.74, 6) is -1.08.